The van der Waals surface area contributed by atoms with Crippen LogP contribution < -0.4 is 16.0 Å². The summed E-state index contributed by atoms with van der Waals surface area (Å²) in [6.45, 7) is 0. The highest BCUT2D eigenvalue weighted by Gasteiger charge is 2.18. The van der Waals surface area contributed by atoms with Crippen LogP contribution in [0, 0.1) is 0 Å². The number of nitrogens with zero attached hydrogens (tertiary/aromatic N) is 3. The van der Waals surface area contributed by atoms with Gasteiger partial charge in [0.15, 0.2) is 5.84 Å². The van der Waals surface area contributed by atoms with E-state index in [1.165, 1.54) is 24.3 Å². The lowest BCUT2D eigenvalue weighted by molar-refractivity contribution is 0.256. The molecule has 3 aromatic rings. The zero-order valence-electron chi connectivity index (χ0n) is 15.1. The second-order valence-corrected chi connectivity index (χ2v) is 8.63. The number of halogens is 2. The number of amides is 2. The fraction of sp³-hybridized carbons (Fsp3) is 0. The van der Waals surface area contributed by atoms with Crippen LogP contribution in [0.3, 0.4) is 0 Å². The fourth-order valence-electron chi connectivity index (χ4n) is 2.73. The number of rotatable bonds is 4. The molecule has 10 heteroatoms. The maximum absolute atomic E-state index is 12.9. The number of sulfonamides is 1. The van der Waals surface area contributed by atoms with E-state index in [1.807, 2.05) is 0 Å². The molecule has 0 unspecified atom stereocenters. The van der Waals surface area contributed by atoms with E-state index in [1.54, 1.807) is 42.5 Å². The smallest absolute Gasteiger partial charge is 0.339 e. The molecule has 0 atom stereocenters. The molecule has 2 amide bonds. The molecule has 150 valence electrons. The molecule has 1 N–H and O–H groups in total. The quantitative estimate of drug-likeness (QED) is 0.476. The normalized spacial score (nSPS) is 13.4. The van der Waals surface area contributed by atoms with Crippen LogP contribution in [0.4, 0.5) is 10.5 Å². The number of nitrogens with one attached hydrogen (secondary N) is 1. The zero-order valence-corrected chi connectivity index (χ0v) is 17.4. The third kappa shape index (κ3) is 4.25. The van der Waals surface area contributed by atoms with Gasteiger partial charge in [-0.15, -0.1) is 4.40 Å². The first-order valence-corrected chi connectivity index (χ1v) is 10.8. The summed E-state index contributed by atoms with van der Waals surface area (Å²) in [5, 5.41) is 4.50. The standard InChI is InChI=1S/C20H12Cl2N4O3S/c21-12-5-8-14(9-6-12)30(28,29)26-19(15-3-1-2-4-16(15)22)23-13-7-10-17-18(11-13)25-20(27)24-17/h1-11H,(H,23,26). The average molecular weight is 459 g/mol. The lowest BCUT2D eigenvalue weighted by Gasteiger charge is -2.12. The largest absolute Gasteiger partial charge is 0.368 e. The van der Waals surface area contributed by atoms with Crippen LogP contribution in [0.15, 0.2) is 86.0 Å². The van der Waals surface area contributed by atoms with Crippen LogP contribution >= 0.6 is 23.2 Å². The van der Waals surface area contributed by atoms with Crippen LogP contribution in [0.1, 0.15) is 5.56 Å². The molecule has 1 aliphatic rings. The van der Waals surface area contributed by atoms with Crippen LogP contribution in [-0.4, -0.2) is 20.3 Å². The van der Waals surface area contributed by atoms with Gasteiger partial charge in [0.1, 0.15) is 0 Å². The molecule has 0 aromatic heterocycles. The first kappa shape index (κ1) is 20.2. The molecule has 7 nitrogen and oxygen atoms in total. The summed E-state index contributed by atoms with van der Waals surface area (Å²) in [5.41, 5.74) is 0.849. The number of hydrogen-bond acceptors (Lipinski definition) is 3. The number of carbonyl (C=O) groups excluding carboxylic acids is 1. The fourth-order valence-corrected chi connectivity index (χ4v) is 4.05. The molecule has 3 aromatic carbocycles. The highest BCUT2D eigenvalue weighted by atomic mass is 35.5. The van der Waals surface area contributed by atoms with Crippen molar-refractivity contribution in [2.75, 3.05) is 5.32 Å². The molecule has 0 bridgehead atoms. The molecule has 0 radical (unpaired) electrons. The molecule has 1 aliphatic heterocycles. The Labute approximate surface area is 181 Å². The van der Waals surface area contributed by atoms with Crippen molar-refractivity contribution >= 4 is 50.8 Å². The monoisotopic (exact) mass is 458 g/mol. The highest BCUT2D eigenvalue weighted by molar-refractivity contribution is 7.90. The van der Waals surface area contributed by atoms with Gasteiger partial charge in [0, 0.05) is 16.3 Å². The highest BCUT2D eigenvalue weighted by Crippen LogP contribution is 2.21. The zero-order chi connectivity index (χ0) is 21.3. The summed E-state index contributed by atoms with van der Waals surface area (Å²) in [7, 11) is -4.07. The Bertz CT molecular complexity index is 1420. The minimum atomic E-state index is -4.07. The van der Waals surface area contributed by atoms with Crippen LogP contribution in [-0.2, 0) is 10.0 Å². The van der Waals surface area contributed by atoms with Crippen LogP contribution in [0.2, 0.25) is 10.0 Å². The number of anilines is 1. The Hall–Kier alpha value is -3.07. The maximum atomic E-state index is 12.9. The Balaban J connectivity index is 1.81. The summed E-state index contributed by atoms with van der Waals surface area (Å²) >= 11 is 12.1. The van der Waals surface area contributed by atoms with Crippen molar-refractivity contribution in [3.05, 3.63) is 93.1 Å². The van der Waals surface area contributed by atoms with Gasteiger partial charge in [-0.25, -0.2) is 4.79 Å². The average Bonchev–Trinajstić information content (AvgIpc) is 3.07. The minimum Gasteiger partial charge on any atom is -0.339 e. The van der Waals surface area contributed by atoms with E-state index in [2.05, 4.69) is 19.7 Å². The van der Waals surface area contributed by atoms with Crippen molar-refractivity contribution in [1.82, 2.24) is 0 Å². The van der Waals surface area contributed by atoms with Crippen molar-refractivity contribution < 1.29 is 13.2 Å². The Morgan fingerprint density at radius 2 is 1.60 bits per heavy atom. The summed E-state index contributed by atoms with van der Waals surface area (Å²) in [6.07, 6.45) is 0. The molecule has 0 aliphatic carbocycles. The summed E-state index contributed by atoms with van der Waals surface area (Å²) in [4.78, 5) is 18.9. The summed E-state index contributed by atoms with van der Waals surface area (Å²) in [6, 6.07) is 16.6. The Morgan fingerprint density at radius 1 is 0.900 bits per heavy atom. The van der Waals surface area contributed by atoms with E-state index in [9.17, 15) is 13.2 Å². The third-order valence-corrected chi connectivity index (χ3v) is 5.99. The molecule has 0 saturated heterocycles. The first-order chi connectivity index (χ1) is 14.3. The van der Waals surface area contributed by atoms with Gasteiger partial charge in [0.2, 0.25) is 0 Å². The van der Waals surface area contributed by atoms with Gasteiger partial charge >= 0.3 is 6.03 Å². The van der Waals surface area contributed by atoms with Gasteiger partial charge in [0.05, 0.1) is 20.6 Å². The Kier molecular flexibility index (Phi) is 5.38. The van der Waals surface area contributed by atoms with Gasteiger partial charge in [-0.1, -0.05) is 35.3 Å². The second kappa shape index (κ2) is 7.98. The van der Waals surface area contributed by atoms with Gasteiger partial charge in [0.25, 0.3) is 10.0 Å². The Morgan fingerprint density at radius 3 is 2.33 bits per heavy atom. The molecule has 4 rings (SSSR count). The van der Waals surface area contributed by atoms with Crippen molar-refractivity contribution in [2.45, 2.75) is 4.90 Å². The van der Waals surface area contributed by atoms with E-state index in [0.29, 0.717) is 32.0 Å². The topological polar surface area (TPSA) is 100 Å². The lowest BCUT2D eigenvalue weighted by atomic mass is 10.2. The number of amidine groups is 1. The van der Waals surface area contributed by atoms with Gasteiger partial charge in [-0.3, -0.25) is 0 Å². The van der Waals surface area contributed by atoms with Gasteiger partial charge in [-0.2, -0.15) is 18.4 Å². The molecule has 0 spiro atoms. The van der Waals surface area contributed by atoms with E-state index in [0.717, 1.165) is 0 Å². The van der Waals surface area contributed by atoms with E-state index >= 15 is 0 Å². The van der Waals surface area contributed by atoms with Gasteiger partial charge in [-0.05, 0) is 54.6 Å². The molecule has 1 heterocycles. The van der Waals surface area contributed by atoms with Crippen LogP contribution in [0.5, 0.6) is 0 Å². The van der Waals surface area contributed by atoms with Crippen molar-refractivity contribution in [3.8, 4) is 0 Å². The SMILES string of the molecule is O=C1N=c2ccc(N/C(=N/S(=O)(=O)c3ccc(Cl)cc3)c3ccccc3Cl)cc2=N1. The summed E-state index contributed by atoms with van der Waals surface area (Å²) < 4.78 is 29.7. The number of benzene rings is 3. The second-order valence-electron chi connectivity index (χ2n) is 6.18. The first-order valence-electron chi connectivity index (χ1n) is 8.56. The van der Waals surface area contributed by atoms with Crippen LogP contribution in [0.25, 0.3) is 0 Å². The summed E-state index contributed by atoms with van der Waals surface area (Å²) in [5.74, 6) is 0.0109. The van der Waals surface area contributed by atoms with E-state index in [-0.39, 0.29) is 10.7 Å². The van der Waals surface area contributed by atoms with Crippen molar-refractivity contribution in [1.29, 1.82) is 0 Å². The van der Waals surface area contributed by atoms with Crippen molar-refractivity contribution in [2.24, 2.45) is 14.4 Å². The molecule has 0 saturated carbocycles. The molecule has 30 heavy (non-hydrogen) atoms. The number of carbonyl (C=O) groups is 1. The van der Waals surface area contributed by atoms with Gasteiger partial charge < -0.3 is 5.32 Å². The molecular weight excluding hydrogens is 447 g/mol. The lowest BCUT2D eigenvalue weighted by Crippen LogP contribution is -2.23. The predicted molar refractivity (Wildman–Crippen MR) is 114 cm³/mol. The molecule has 0 fully saturated rings. The molecular formula is C20H12Cl2N4O3S. The van der Waals surface area contributed by atoms with Crippen molar-refractivity contribution in [3.63, 3.8) is 0 Å². The number of hydrogen-bond donors (Lipinski definition) is 1. The number of urea groups is 1. The van der Waals surface area contributed by atoms with E-state index < -0.39 is 16.1 Å². The minimum absolute atomic E-state index is 0.0109. The maximum Gasteiger partial charge on any atom is 0.368 e. The number of fused-ring (bicyclic) bond motifs is 1. The predicted octanol–water partition coefficient (Wildman–Crippen LogP) is 3.61. The van der Waals surface area contributed by atoms with E-state index in [4.69, 9.17) is 23.2 Å². The third-order valence-electron chi connectivity index (χ3n) is 4.12.